The van der Waals surface area contributed by atoms with E-state index in [-0.39, 0.29) is 6.10 Å². The number of nitrogens with one attached hydrogen (secondary N) is 2. The zero-order valence-corrected chi connectivity index (χ0v) is 11.6. The van der Waals surface area contributed by atoms with Gasteiger partial charge >= 0.3 is 0 Å². The lowest BCUT2D eigenvalue weighted by molar-refractivity contribution is 0.0802. The highest BCUT2D eigenvalue weighted by molar-refractivity contribution is 7.88. The highest BCUT2D eigenvalue weighted by Crippen LogP contribution is 2.01. The molecule has 0 aliphatic carbocycles. The number of sulfonamides is 1. The van der Waals surface area contributed by atoms with Crippen LogP contribution in [0.3, 0.4) is 0 Å². The van der Waals surface area contributed by atoms with Crippen LogP contribution < -0.4 is 10.0 Å². The molecule has 0 aliphatic rings. The first-order valence-electron chi connectivity index (χ1n) is 5.44. The lowest BCUT2D eigenvalue weighted by Gasteiger charge is -2.25. The summed E-state index contributed by atoms with van der Waals surface area (Å²) in [5.74, 6) is 0. The fraction of sp³-hybridized carbons (Fsp3) is 1.00. The van der Waals surface area contributed by atoms with Gasteiger partial charge in [0, 0.05) is 18.6 Å². The van der Waals surface area contributed by atoms with Gasteiger partial charge in [-0.2, -0.15) is 0 Å². The molecule has 0 aromatic carbocycles. The van der Waals surface area contributed by atoms with Crippen molar-refractivity contribution in [1.82, 2.24) is 10.0 Å². The summed E-state index contributed by atoms with van der Waals surface area (Å²) in [7, 11) is -3.16. The molecule has 0 saturated carbocycles. The van der Waals surface area contributed by atoms with Crippen molar-refractivity contribution in [3.63, 3.8) is 0 Å². The van der Waals surface area contributed by atoms with Crippen molar-refractivity contribution < 1.29 is 13.2 Å². The Labute approximate surface area is 99.0 Å². The van der Waals surface area contributed by atoms with Crippen molar-refractivity contribution in [2.24, 2.45) is 0 Å². The molecule has 0 rings (SSSR count). The van der Waals surface area contributed by atoms with Crippen molar-refractivity contribution in [2.45, 2.75) is 39.3 Å². The Hall–Kier alpha value is -0.170. The third-order valence-corrected chi connectivity index (χ3v) is 2.68. The second-order valence-electron chi connectivity index (χ2n) is 4.85. The van der Waals surface area contributed by atoms with E-state index in [1.807, 2.05) is 27.7 Å². The van der Waals surface area contributed by atoms with Gasteiger partial charge in [0.25, 0.3) is 0 Å². The fourth-order valence-electron chi connectivity index (χ4n) is 1.31. The summed E-state index contributed by atoms with van der Waals surface area (Å²) in [4.78, 5) is 0. The molecular weight excluding hydrogens is 228 g/mol. The molecule has 0 fully saturated rings. The number of rotatable bonds is 8. The van der Waals surface area contributed by atoms with Gasteiger partial charge in [-0.1, -0.05) is 0 Å². The summed E-state index contributed by atoms with van der Waals surface area (Å²) in [5.41, 5.74) is -0.481. The molecule has 0 aliphatic heterocycles. The molecule has 0 saturated heterocycles. The largest absolute Gasteiger partial charge is 0.377 e. The summed E-state index contributed by atoms with van der Waals surface area (Å²) >= 11 is 0. The summed E-state index contributed by atoms with van der Waals surface area (Å²) in [6.07, 6.45) is 1.39. The maximum atomic E-state index is 11.1. The molecule has 16 heavy (non-hydrogen) atoms. The molecule has 0 spiro atoms. The first kappa shape index (κ1) is 15.8. The average molecular weight is 252 g/mol. The van der Waals surface area contributed by atoms with Crippen molar-refractivity contribution in [3.05, 3.63) is 0 Å². The predicted molar refractivity (Wildman–Crippen MR) is 66.0 cm³/mol. The second kappa shape index (κ2) is 6.54. The first-order valence-corrected chi connectivity index (χ1v) is 7.33. The van der Waals surface area contributed by atoms with Gasteiger partial charge in [-0.15, -0.1) is 0 Å². The van der Waals surface area contributed by atoms with Crippen LogP contribution in [0.1, 0.15) is 27.7 Å². The van der Waals surface area contributed by atoms with Crippen molar-refractivity contribution in [2.75, 3.05) is 26.0 Å². The molecule has 2 N–H and O–H groups in total. The Morgan fingerprint density at radius 1 is 1.31 bits per heavy atom. The van der Waals surface area contributed by atoms with E-state index >= 15 is 0 Å². The van der Waals surface area contributed by atoms with Crippen LogP contribution in [0, 0.1) is 0 Å². The Kier molecular flexibility index (Phi) is 6.47. The number of ether oxygens (including phenoxy) is 1. The van der Waals surface area contributed by atoms with Crippen LogP contribution in [0.2, 0.25) is 0 Å². The van der Waals surface area contributed by atoms with Crippen LogP contribution in [0.4, 0.5) is 0 Å². The molecule has 0 bridgehead atoms. The van der Waals surface area contributed by atoms with Gasteiger partial charge in [-0.05, 0) is 27.7 Å². The summed E-state index contributed by atoms with van der Waals surface area (Å²) < 4.78 is 30.0. The molecule has 0 atom stereocenters. The molecule has 6 heteroatoms. The van der Waals surface area contributed by atoms with Crippen LogP contribution in [0.25, 0.3) is 0 Å². The minimum atomic E-state index is -3.16. The quantitative estimate of drug-likeness (QED) is 0.611. The van der Waals surface area contributed by atoms with E-state index in [1.165, 1.54) is 0 Å². The van der Waals surface area contributed by atoms with Crippen molar-refractivity contribution in [3.8, 4) is 0 Å². The van der Waals surface area contributed by atoms with Gasteiger partial charge in [-0.3, -0.25) is 0 Å². The molecule has 0 aromatic heterocycles. The lowest BCUT2D eigenvalue weighted by atomic mass is 10.1. The van der Waals surface area contributed by atoms with Gasteiger partial charge in [0.15, 0.2) is 0 Å². The highest BCUT2D eigenvalue weighted by atomic mass is 32.2. The van der Waals surface area contributed by atoms with Gasteiger partial charge in [0.2, 0.25) is 10.0 Å². The van der Waals surface area contributed by atoms with Crippen LogP contribution in [-0.2, 0) is 14.8 Å². The van der Waals surface area contributed by atoms with E-state index in [1.54, 1.807) is 0 Å². The first-order chi connectivity index (χ1) is 7.12. The maximum absolute atomic E-state index is 11.1. The third-order valence-electron chi connectivity index (χ3n) is 1.76. The van der Waals surface area contributed by atoms with Crippen LogP contribution in [0.5, 0.6) is 0 Å². The minimum absolute atomic E-state index is 0.226. The van der Waals surface area contributed by atoms with E-state index < -0.39 is 15.6 Å². The molecule has 5 nitrogen and oxygen atoms in total. The van der Waals surface area contributed by atoms with Crippen LogP contribution in [-0.4, -0.2) is 46.0 Å². The highest BCUT2D eigenvalue weighted by Gasteiger charge is 2.21. The number of hydrogen-bond acceptors (Lipinski definition) is 4. The third kappa shape index (κ3) is 10.4. The van der Waals surface area contributed by atoms with Crippen molar-refractivity contribution in [1.29, 1.82) is 0 Å². The Morgan fingerprint density at radius 2 is 1.88 bits per heavy atom. The normalized spacial score (nSPS) is 13.4. The van der Waals surface area contributed by atoms with E-state index in [0.29, 0.717) is 19.7 Å². The van der Waals surface area contributed by atoms with Gasteiger partial charge in [0.05, 0.1) is 19.0 Å². The van der Waals surface area contributed by atoms with E-state index in [9.17, 15) is 8.42 Å². The molecule has 0 amide bonds. The second-order valence-corrected chi connectivity index (χ2v) is 6.60. The summed E-state index contributed by atoms with van der Waals surface area (Å²) in [6.45, 7) is 9.56. The summed E-state index contributed by atoms with van der Waals surface area (Å²) in [6, 6.07) is 0. The fourth-order valence-corrected chi connectivity index (χ4v) is 2.38. The summed E-state index contributed by atoms with van der Waals surface area (Å²) in [5, 5.41) is 3.15. The van der Waals surface area contributed by atoms with Crippen LogP contribution in [0.15, 0.2) is 0 Å². The minimum Gasteiger partial charge on any atom is -0.377 e. The van der Waals surface area contributed by atoms with Crippen LogP contribution >= 0.6 is 0 Å². The zero-order valence-electron chi connectivity index (χ0n) is 10.8. The molecule has 98 valence electrons. The smallest absolute Gasteiger partial charge is 0.209 e. The molecule has 0 radical (unpaired) electrons. The topological polar surface area (TPSA) is 67.4 Å². The van der Waals surface area contributed by atoms with Gasteiger partial charge < -0.3 is 10.1 Å². The van der Waals surface area contributed by atoms with E-state index in [0.717, 1.165) is 6.26 Å². The van der Waals surface area contributed by atoms with E-state index in [2.05, 4.69) is 10.0 Å². The zero-order chi connectivity index (χ0) is 12.8. The monoisotopic (exact) mass is 252 g/mol. The SMILES string of the molecule is CC(C)OCCNCC(C)(C)NS(C)(=O)=O. The van der Waals surface area contributed by atoms with Crippen molar-refractivity contribution >= 4 is 10.0 Å². The molecule has 0 unspecified atom stereocenters. The molecule has 0 aromatic rings. The standard InChI is InChI=1S/C10H24N2O3S/c1-9(2)15-7-6-11-8-10(3,4)12-16(5,13)14/h9,11-12H,6-8H2,1-5H3. The Bertz CT molecular complexity index is 286. The van der Waals surface area contributed by atoms with Gasteiger partial charge in [-0.25, -0.2) is 13.1 Å². The van der Waals surface area contributed by atoms with E-state index in [4.69, 9.17) is 4.74 Å². The average Bonchev–Trinajstić information content (AvgIpc) is 1.97. The Balaban J connectivity index is 3.75. The lowest BCUT2D eigenvalue weighted by Crippen LogP contribution is -2.50. The predicted octanol–water partition coefficient (Wildman–Crippen LogP) is 0.329. The maximum Gasteiger partial charge on any atom is 0.209 e. The molecular formula is C10H24N2O3S. The van der Waals surface area contributed by atoms with Gasteiger partial charge in [0.1, 0.15) is 0 Å². The Morgan fingerprint density at radius 3 is 2.31 bits per heavy atom. The number of hydrogen-bond donors (Lipinski definition) is 2. The molecule has 0 heterocycles.